The number of rotatable bonds is 4. The highest BCUT2D eigenvalue weighted by Gasteiger charge is 2.05. The molecule has 0 bridgehead atoms. The monoisotopic (exact) mass is 231 g/mol. The summed E-state index contributed by atoms with van der Waals surface area (Å²) in [6, 6.07) is 11.0. The van der Waals surface area contributed by atoms with Gasteiger partial charge in [0.1, 0.15) is 0 Å². The van der Waals surface area contributed by atoms with Gasteiger partial charge in [0, 0.05) is 12.6 Å². The van der Waals surface area contributed by atoms with E-state index in [2.05, 4.69) is 60.3 Å². The lowest BCUT2D eigenvalue weighted by atomic mass is 10.1. The summed E-state index contributed by atoms with van der Waals surface area (Å²) in [6.07, 6.45) is 0. The molecule has 0 spiro atoms. The smallest absolute Gasteiger partial charge is 0.0294 e. The van der Waals surface area contributed by atoms with Gasteiger partial charge in [0.15, 0.2) is 0 Å². The Hall–Kier alpha value is -1.12. The second-order valence-electron chi connectivity index (χ2n) is 4.09. The van der Waals surface area contributed by atoms with Gasteiger partial charge >= 0.3 is 0 Å². The number of hydrogen-bond acceptors (Lipinski definition) is 2. The number of nitrogens with one attached hydrogen (secondary N) is 1. The molecule has 0 aliphatic heterocycles. The van der Waals surface area contributed by atoms with Crippen molar-refractivity contribution in [2.75, 3.05) is 0 Å². The highest BCUT2D eigenvalue weighted by atomic mass is 32.1. The van der Waals surface area contributed by atoms with Crippen LogP contribution in [0, 0.1) is 6.92 Å². The minimum atomic E-state index is 0.403. The molecule has 1 aromatic carbocycles. The fourth-order valence-electron chi connectivity index (χ4n) is 1.69. The number of benzene rings is 1. The van der Waals surface area contributed by atoms with Crippen molar-refractivity contribution in [1.82, 2.24) is 5.32 Å². The van der Waals surface area contributed by atoms with Crippen LogP contribution < -0.4 is 5.32 Å². The molecule has 1 aromatic heterocycles. The lowest BCUT2D eigenvalue weighted by Crippen LogP contribution is -2.18. The first kappa shape index (κ1) is 11.4. The fourth-order valence-corrected chi connectivity index (χ4v) is 2.55. The van der Waals surface area contributed by atoms with Crippen molar-refractivity contribution in [2.45, 2.75) is 26.4 Å². The van der Waals surface area contributed by atoms with E-state index < -0.39 is 0 Å². The van der Waals surface area contributed by atoms with Gasteiger partial charge in [-0.2, -0.15) is 11.3 Å². The predicted octanol–water partition coefficient (Wildman–Crippen LogP) is 3.91. The van der Waals surface area contributed by atoms with E-state index in [9.17, 15) is 0 Å². The van der Waals surface area contributed by atoms with E-state index in [1.165, 1.54) is 16.7 Å². The second-order valence-corrected chi connectivity index (χ2v) is 4.84. The van der Waals surface area contributed by atoms with Gasteiger partial charge in [-0.1, -0.05) is 30.3 Å². The van der Waals surface area contributed by atoms with Crippen molar-refractivity contribution in [3.05, 3.63) is 57.8 Å². The van der Waals surface area contributed by atoms with Crippen LogP contribution in [0.5, 0.6) is 0 Å². The molecule has 0 radical (unpaired) electrons. The molecule has 2 heteroatoms. The Balaban J connectivity index is 1.94. The Morgan fingerprint density at radius 3 is 2.56 bits per heavy atom. The molecule has 84 valence electrons. The lowest BCUT2D eigenvalue weighted by molar-refractivity contribution is 0.574. The summed E-state index contributed by atoms with van der Waals surface area (Å²) in [7, 11) is 0. The Labute approximate surface area is 101 Å². The van der Waals surface area contributed by atoms with Crippen LogP contribution in [-0.4, -0.2) is 0 Å². The molecule has 2 aromatic rings. The molecule has 16 heavy (non-hydrogen) atoms. The van der Waals surface area contributed by atoms with Gasteiger partial charge in [-0.05, 0) is 41.3 Å². The van der Waals surface area contributed by atoms with Crippen LogP contribution in [0.25, 0.3) is 0 Å². The molecule has 0 fully saturated rings. The molecule has 0 saturated heterocycles. The van der Waals surface area contributed by atoms with E-state index in [1.54, 1.807) is 11.3 Å². The van der Waals surface area contributed by atoms with Gasteiger partial charge in [-0.3, -0.25) is 0 Å². The van der Waals surface area contributed by atoms with Gasteiger partial charge in [0.2, 0.25) is 0 Å². The van der Waals surface area contributed by atoms with Crippen molar-refractivity contribution in [3.8, 4) is 0 Å². The first-order valence-corrected chi connectivity index (χ1v) is 6.51. The van der Waals surface area contributed by atoms with Crippen LogP contribution >= 0.6 is 11.3 Å². The summed E-state index contributed by atoms with van der Waals surface area (Å²) in [5, 5.41) is 7.97. The Bertz CT molecular complexity index is 433. The van der Waals surface area contributed by atoms with E-state index in [4.69, 9.17) is 0 Å². The van der Waals surface area contributed by atoms with Crippen LogP contribution in [0.4, 0.5) is 0 Å². The maximum absolute atomic E-state index is 3.55. The molecule has 0 amide bonds. The average molecular weight is 231 g/mol. The third-order valence-electron chi connectivity index (χ3n) is 2.86. The molecule has 1 N–H and O–H groups in total. The van der Waals surface area contributed by atoms with Crippen LogP contribution in [0.1, 0.15) is 29.7 Å². The molecular formula is C14H17NS. The lowest BCUT2D eigenvalue weighted by Gasteiger charge is -2.13. The van der Waals surface area contributed by atoms with Crippen LogP contribution in [-0.2, 0) is 6.54 Å². The summed E-state index contributed by atoms with van der Waals surface area (Å²) in [5.41, 5.74) is 4.14. The largest absolute Gasteiger partial charge is 0.306 e. The molecule has 1 nitrogen and oxygen atoms in total. The standard InChI is InChI=1S/C14H17NS/c1-11-9-16-10-14(11)8-15-12(2)13-6-4-3-5-7-13/h3-7,9-10,12,15H,8H2,1-2H3. The zero-order valence-corrected chi connectivity index (χ0v) is 10.6. The summed E-state index contributed by atoms with van der Waals surface area (Å²) in [4.78, 5) is 0. The second kappa shape index (κ2) is 5.28. The van der Waals surface area contributed by atoms with Crippen LogP contribution in [0.15, 0.2) is 41.1 Å². The Kier molecular flexibility index (Phi) is 3.75. The summed E-state index contributed by atoms with van der Waals surface area (Å²) in [6.45, 7) is 5.32. The van der Waals surface area contributed by atoms with E-state index >= 15 is 0 Å². The van der Waals surface area contributed by atoms with E-state index in [-0.39, 0.29) is 0 Å². The minimum absolute atomic E-state index is 0.403. The third-order valence-corrected chi connectivity index (χ3v) is 3.77. The summed E-state index contributed by atoms with van der Waals surface area (Å²) < 4.78 is 0. The van der Waals surface area contributed by atoms with Gasteiger partial charge in [0.25, 0.3) is 0 Å². The van der Waals surface area contributed by atoms with Gasteiger partial charge in [0.05, 0.1) is 0 Å². The minimum Gasteiger partial charge on any atom is -0.306 e. The molecule has 1 unspecified atom stereocenters. The maximum atomic E-state index is 3.55. The van der Waals surface area contributed by atoms with E-state index in [1.807, 2.05) is 0 Å². The Morgan fingerprint density at radius 2 is 1.94 bits per heavy atom. The highest BCUT2D eigenvalue weighted by Crippen LogP contribution is 2.16. The molecule has 0 aliphatic rings. The van der Waals surface area contributed by atoms with Crippen LogP contribution in [0.3, 0.4) is 0 Å². The van der Waals surface area contributed by atoms with Crippen molar-refractivity contribution >= 4 is 11.3 Å². The van der Waals surface area contributed by atoms with E-state index in [0.717, 1.165) is 6.54 Å². The van der Waals surface area contributed by atoms with Gasteiger partial charge < -0.3 is 5.32 Å². The van der Waals surface area contributed by atoms with Gasteiger partial charge in [-0.15, -0.1) is 0 Å². The SMILES string of the molecule is Cc1cscc1CNC(C)c1ccccc1. The normalized spacial score (nSPS) is 12.6. The fraction of sp³-hybridized carbons (Fsp3) is 0.286. The summed E-state index contributed by atoms with van der Waals surface area (Å²) >= 11 is 1.77. The molecular weight excluding hydrogens is 214 g/mol. The van der Waals surface area contributed by atoms with Gasteiger partial charge in [-0.25, -0.2) is 0 Å². The Morgan fingerprint density at radius 1 is 1.19 bits per heavy atom. The van der Waals surface area contributed by atoms with Crippen LogP contribution in [0.2, 0.25) is 0 Å². The first-order valence-electron chi connectivity index (χ1n) is 5.57. The quantitative estimate of drug-likeness (QED) is 0.841. The highest BCUT2D eigenvalue weighted by molar-refractivity contribution is 7.08. The predicted molar refractivity (Wildman–Crippen MR) is 70.8 cm³/mol. The molecule has 1 atom stereocenters. The number of thiophene rings is 1. The molecule has 1 heterocycles. The first-order chi connectivity index (χ1) is 7.77. The van der Waals surface area contributed by atoms with Crippen molar-refractivity contribution in [1.29, 1.82) is 0 Å². The molecule has 2 rings (SSSR count). The number of aryl methyl sites for hydroxylation is 1. The van der Waals surface area contributed by atoms with Crippen molar-refractivity contribution in [3.63, 3.8) is 0 Å². The zero-order valence-electron chi connectivity index (χ0n) is 9.73. The number of hydrogen-bond donors (Lipinski definition) is 1. The molecule has 0 aliphatic carbocycles. The van der Waals surface area contributed by atoms with E-state index in [0.29, 0.717) is 6.04 Å². The zero-order chi connectivity index (χ0) is 11.4. The molecule has 0 saturated carbocycles. The van der Waals surface area contributed by atoms with Crippen molar-refractivity contribution < 1.29 is 0 Å². The van der Waals surface area contributed by atoms with Crippen molar-refractivity contribution in [2.24, 2.45) is 0 Å². The topological polar surface area (TPSA) is 12.0 Å². The summed E-state index contributed by atoms with van der Waals surface area (Å²) in [5.74, 6) is 0. The third kappa shape index (κ3) is 2.71. The average Bonchev–Trinajstić information content (AvgIpc) is 2.73. The maximum Gasteiger partial charge on any atom is 0.0294 e.